The van der Waals surface area contributed by atoms with E-state index in [1.807, 2.05) is 0 Å². The highest BCUT2D eigenvalue weighted by Crippen LogP contribution is 2.67. The van der Waals surface area contributed by atoms with E-state index in [1.54, 1.807) is 5.57 Å². The molecule has 1 amide bonds. The Morgan fingerprint density at radius 2 is 1.66 bits per heavy atom. The normalized spacial score (nSPS) is 40.5. The van der Waals surface area contributed by atoms with Gasteiger partial charge in [-0.2, -0.15) is 0 Å². The van der Waals surface area contributed by atoms with Crippen molar-refractivity contribution in [2.75, 3.05) is 46.2 Å². The molecule has 0 aromatic carbocycles. The van der Waals surface area contributed by atoms with E-state index in [1.165, 1.54) is 51.4 Å². The van der Waals surface area contributed by atoms with Crippen molar-refractivity contribution in [3.63, 3.8) is 0 Å². The first-order chi connectivity index (χ1) is 23.9. The molecule has 13 atom stereocenters. The molecule has 5 rings (SSSR count). The van der Waals surface area contributed by atoms with Gasteiger partial charge in [0.2, 0.25) is 5.91 Å². The number of amides is 1. The highest BCUT2D eigenvalue weighted by atomic mass is 16.7. The number of rotatable bonds is 17. The second kappa shape index (κ2) is 17.8. The van der Waals surface area contributed by atoms with Gasteiger partial charge >= 0.3 is 0 Å². The summed E-state index contributed by atoms with van der Waals surface area (Å²) in [6.45, 7) is 13.8. The number of fused-ring (bicyclic) bond motifs is 5. The fraction of sp³-hybridized carbons (Fsp3) is 0.925. The first kappa shape index (κ1) is 40.1. The maximum Gasteiger partial charge on any atom is 0.223 e. The smallest absolute Gasteiger partial charge is 0.223 e. The lowest BCUT2D eigenvalue weighted by atomic mass is 9.46. The monoisotopic (exact) mass is 707 g/mol. The molecule has 1 aliphatic heterocycles. The molecule has 10 heteroatoms. The van der Waals surface area contributed by atoms with Gasteiger partial charge in [0.05, 0.1) is 39.6 Å². The second-order valence-corrected chi connectivity index (χ2v) is 17.3. The van der Waals surface area contributed by atoms with Crippen LogP contribution < -0.4 is 5.32 Å². The molecule has 0 spiro atoms. The van der Waals surface area contributed by atoms with E-state index in [-0.39, 0.29) is 30.5 Å². The number of carbonyl (C=O) groups excluding carboxylic acids is 1. The number of carbonyl (C=O) groups is 1. The molecule has 50 heavy (non-hydrogen) atoms. The van der Waals surface area contributed by atoms with E-state index >= 15 is 0 Å². The molecule has 0 unspecified atom stereocenters. The van der Waals surface area contributed by atoms with Gasteiger partial charge in [-0.1, -0.05) is 65.5 Å². The van der Waals surface area contributed by atoms with Crippen molar-refractivity contribution < 1.29 is 44.2 Å². The first-order valence-corrected chi connectivity index (χ1v) is 20.0. The van der Waals surface area contributed by atoms with Crippen molar-refractivity contribution in [2.24, 2.45) is 52.3 Å². The molecule has 0 aromatic heterocycles. The van der Waals surface area contributed by atoms with Crippen LogP contribution in [-0.2, 0) is 23.7 Å². The summed E-state index contributed by atoms with van der Waals surface area (Å²) in [6, 6.07) is 0. The summed E-state index contributed by atoms with van der Waals surface area (Å²) in [5.41, 5.74) is 2.29. The summed E-state index contributed by atoms with van der Waals surface area (Å²) in [5.74, 6) is 5.10. The zero-order valence-corrected chi connectivity index (χ0v) is 31.6. The van der Waals surface area contributed by atoms with Crippen LogP contribution in [0.1, 0.15) is 105 Å². The van der Waals surface area contributed by atoms with E-state index < -0.39 is 37.3 Å². The molecule has 10 nitrogen and oxygen atoms in total. The average molecular weight is 708 g/mol. The fourth-order valence-corrected chi connectivity index (χ4v) is 11.1. The van der Waals surface area contributed by atoms with Crippen LogP contribution in [0.3, 0.4) is 0 Å². The molecule has 5 N–H and O–H groups in total. The minimum absolute atomic E-state index is 0.0364. The predicted octanol–water partition coefficient (Wildman–Crippen LogP) is 4.61. The lowest BCUT2D eigenvalue weighted by Crippen LogP contribution is -2.59. The van der Waals surface area contributed by atoms with Gasteiger partial charge in [0.1, 0.15) is 24.4 Å². The fourth-order valence-electron chi connectivity index (χ4n) is 11.1. The Morgan fingerprint density at radius 3 is 2.40 bits per heavy atom. The van der Waals surface area contributed by atoms with Crippen LogP contribution in [-0.4, -0.2) is 103 Å². The Labute approximate surface area is 301 Å². The van der Waals surface area contributed by atoms with Crippen LogP contribution in [0.5, 0.6) is 0 Å². The molecule has 4 fully saturated rings. The Hall–Kier alpha value is -1.11. The summed E-state index contributed by atoms with van der Waals surface area (Å²) in [6.07, 6.45) is 9.94. The number of hydrogen-bond acceptors (Lipinski definition) is 9. The maximum atomic E-state index is 13.2. The molecule has 288 valence electrons. The number of aliphatic hydroxyl groups excluding tert-OH is 4. The molecule has 1 heterocycles. The number of ether oxygens (including phenoxy) is 4. The summed E-state index contributed by atoms with van der Waals surface area (Å²) >= 11 is 0. The second-order valence-electron chi connectivity index (χ2n) is 17.3. The van der Waals surface area contributed by atoms with Crippen molar-refractivity contribution in [1.29, 1.82) is 0 Å². The van der Waals surface area contributed by atoms with E-state index in [9.17, 15) is 25.2 Å². The minimum atomic E-state index is -1.47. The third-order valence-corrected chi connectivity index (χ3v) is 14.0. The van der Waals surface area contributed by atoms with Gasteiger partial charge in [-0.3, -0.25) is 4.79 Å². The molecule has 1 saturated heterocycles. The summed E-state index contributed by atoms with van der Waals surface area (Å²) in [5, 5.41) is 42.1. The van der Waals surface area contributed by atoms with Gasteiger partial charge in [0.15, 0.2) is 6.29 Å². The molecule has 0 bridgehead atoms. The van der Waals surface area contributed by atoms with Crippen molar-refractivity contribution in [3.8, 4) is 0 Å². The molecule has 0 aromatic rings. The summed E-state index contributed by atoms with van der Waals surface area (Å²) < 4.78 is 21.9. The van der Waals surface area contributed by atoms with Crippen molar-refractivity contribution in [2.45, 2.75) is 136 Å². The van der Waals surface area contributed by atoms with Crippen molar-refractivity contribution >= 4 is 5.91 Å². The highest BCUT2D eigenvalue weighted by Gasteiger charge is 2.59. The van der Waals surface area contributed by atoms with Crippen LogP contribution in [0.25, 0.3) is 0 Å². The van der Waals surface area contributed by atoms with E-state index in [0.717, 1.165) is 54.8 Å². The Morgan fingerprint density at radius 1 is 0.920 bits per heavy atom. The van der Waals surface area contributed by atoms with Gasteiger partial charge in [-0.25, -0.2) is 0 Å². The lowest BCUT2D eigenvalue weighted by Gasteiger charge is -2.58. The van der Waals surface area contributed by atoms with Gasteiger partial charge in [0.25, 0.3) is 0 Å². The van der Waals surface area contributed by atoms with Gasteiger partial charge < -0.3 is 44.7 Å². The third-order valence-electron chi connectivity index (χ3n) is 14.0. The molecule has 0 radical (unpaired) electrons. The summed E-state index contributed by atoms with van der Waals surface area (Å²) in [4.78, 5) is 13.2. The Balaban J connectivity index is 0.977. The molecular formula is C40H69NO9. The van der Waals surface area contributed by atoms with Crippen molar-refractivity contribution in [3.05, 3.63) is 11.6 Å². The molecule has 5 aliphatic rings. The lowest BCUT2D eigenvalue weighted by molar-refractivity contribution is -0.302. The predicted molar refractivity (Wildman–Crippen MR) is 191 cm³/mol. The van der Waals surface area contributed by atoms with Crippen LogP contribution in [0, 0.1) is 52.3 Å². The topological polar surface area (TPSA) is 147 Å². The van der Waals surface area contributed by atoms with E-state index in [2.05, 4.69) is 46.0 Å². The number of aliphatic hydroxyl groups is 4. The third kappa shape index (κ3) is 8.81. The number of nitrogens with one attached hydrogen (secondary N) is 1. The minimum Gasteiger partial charge on any atom is -0.394 e. The zero-order valence-electron chi connectivity index (χ0n) is 31.6. The zero-order chi connectivity index (χ0) is 36.1. The van der Waals surface area contributed by atoms with Crippen molar-refractivity contribution in [1.82, 2.24) is 5.32 Å². The summed E-state index contributed by atoms with van der Waals surface area (Å²) in [7, 11) is 0. The highest BCUT2D eigenvalue weighted by molar-refractivity contribution is 5.79. The SMILES string of the molecule is CC(C)CCC[C@@H](C)[C@H]1CC[C@H]2[C@@H]3CC=C4C[C@@H](C(=O)NCCOCCOCCO[C@@H]5O[C@H](CO)[C@H](O)[C@H](O)[C@H]5O)CC[C@]4(C)[C@H]3CC[C@]12C. The van der Waals surface area contributed by atoms with Gasteiger partial charge in [-0.05, 0) is 97.7 Å². The van der Waals surface area contributed by atoms with Crippen LogP contribution in [0.4, 0.5) is 0 Å². The Kier molecular flexibility index (Phi) is 14.3. The van der Waals surface area contributed by atoms with Crippen LogP contribution in [0.15, 0.2) is 11.6 Å². The quantitative estimate of drug-likeness (QED) is 0.108. The molecule has 3 saturated carbocycles. The first-order valence-electron chi connectivity index (χ1n) is 20.0. The molecule has 4 aliphatic carbocycles. The largest absolute Gasteiger partial charge is 0.394 e. The van der Waals surface area contributed by atoms with Crippen LogP contribution >= 0.6 is 0 Å². The number of hydrogen-bond donors (Lipinski definition) is 5. The maximum absolute atomic E-state index is 13.2. The van der Waals surface area contributed by atoms with Gasteiger partial charge in [0, 0.05) is 12.5 Å². The van der Waals surface area contributed by atoms with E-state index in [4.69, 9.17) is 18.9 Å². The average Bonchev–Trinajstić information content (AvgIpc) is 3.45. The Bertz CT molecular complexity index is 1120. The molecular weight excluding hydrogens is 638 g/mol. The van der Waals surface area contributed by atoms with Crippen LogP contribution in [0.2, 0.25) is 0 Å². The number of allylic oxidation sites excluding steroid dienone is 2. The standard InChI is InChI=1S/C40H69NO9/c1-25(2)7-6-8-26(3)30-11-12-31-29-10-9-28-23-27(13-15-39(28,4)32(29)14-16-40(30,31)5)37(46)41-17-18-47-19-20-48-21-22-49-38-36(45)35(44)34(43)33(24-42)50-38/h9,25-27,29-36,38,42-45H,6-8,10-24H2,1-5H3,(H,41,46)/t26-,27+,29+,30-,31+,32+,33-,34+,35+,36-,38-,39+,40-/m1/s1. The van der Waals surface area contributed by atoms with Gasteiger partial charge in [-0.15, -0.1) is 0 Å². The van der Waals surface area contributed by atoms with E-state index in [0.29, 0.717) is 31.8 Å².